The Labute approximate surface area is 207 Å². The smallest absolute Gasteiger partial charge is 0.272 e. The minimum atomic E-state index is -0.674. The molecule has 9 heteroatoms. The van der Waals surface area contributed by atoms with Crippen LogP contribution in [-0.2, 0) is 19.7 Å². The van der Waals surface area contributed by atoms with Crippen molar-refractivity contribution < 1.29 is 23.1 Å². The summed E-state index contributed by atoms with van der Waals surface area (Å²) in [5, 5.41) is 8.85. The molecule has 1 saturated heterocycles. The van der Waals surface area contributed by atoms with Crippen LogP contribution in [0.25, 0.3) is 11.3 Å². The molecule has 3 atom stereocenters. The van der Waals surface area contributed by atoms with Crippen LogP contribution in [0.15, 0.2) is 41.0 Å². The first-order valence-corrected chi connectivity index (χ1v) is 12.2. The summed E-state index contributed by atoms with van der Waals surface area (Å²) in [6, 6.07) is 5.54. The van der Waals surface area contributed by atoms with E-state index in [9.17, 15) is 18.4 Å². The second-order valence-electron chi connectivity index (χ2n) is 10.5. The number of morpholine rings is 1. The lowest BCUT2D eigenvalue weighted by atomic mass is 9.64. The number of nitrogens with zero attached hydrogens (tertiary/aromatic N) is 4. The second kappa shape index (κ2) is 8.09. The third kappa shape index (κ3) is 3.14. The summed E-state index contributed by atoms with van der Waals surface area (Å²) in [4.78, 5) is 30.4. The van der Waals surface area contributed by atoms with Gasteiger partial charge in [0.2, 0.25) is 0 Å². The maximum atomic E-state index is 14.5. The van der Waals surface area contributed by atoms with Gasteiger partial charge in [-0.2, -0.15) is 10.2 Å². The van der Waals surface area contributed by atoms with Crippen LogP contribution >= 0.6 is 0 Å². The minimum Gasteiger partial charge on any atom is -0.374 e. The number of rotatable bonds is 3. The Balaban J connectivity index is 1.36. The van der Waals surface area contributed by atoms with E-state index in [1.54, 1.807) is 17.0 Å². The Bertz CT molecular complexity index is 1330. The predicted octanol–water partition coefficient (Wildman–Crippen LogP) is 3.73. The summed E-state index contributed by atoms with van der Waals surface area (Å²) in [6.07, 6.45) is 4.33. The summed E-state index contributed by atoms with van der Waals surface area (Å²) in [6.45, 7) is 5.52. The van der Waals surface area contributed by atoms with E-state index >= 15 is 0 Å². The zero-order valence-corrected chi connectivity index (χ0v) is 20.1. The SMILES string of the molecule is CC1(C)[C@H]2CC[C@]1([C@@H]1CN(C(=O)C3=CCC(=O)C=N3)CCO1)c1nnc(-c3c(F)cccc3F)cc12. The van der Waals surface area contributed by atoms with Crippen LogP contribution in [0.2, 0.25) is 0 Å². The molecule has 2 fully saturated rings. The molecule has 0 radical (unpaired) electrons. The van der Waals surface area contributed by atoms with Gasteiger partial charge in [-0.15, -0.1) is 0 Å². The van der Waals surface area contributed by atoms with Crippen LogP contribution < -0.4 is 0 Å². The van der Waals surface area contributed by atoms with E-state index in [-0.39, 0.29) is 52.5 Å². The number of fused-ring (bicyclic) bond motifs is 5. The van der Waals surface area contributed by atoms with Crippen molar-refractivity contribution in [2.45, 2.75) is 50.5 Å². The summed E-state index contributed by atoms with van der Waals surface area (Å²) in [5.74, 6) is -1.56. The summed E-state index contributed by atoms with van der Waals surface area (Å²) < 4.78 is 35.3. The van der Waals surface area contributed by atoms with Gasteiger partial charge in [0.1, 0.15) is 17.3 Å². The standard InChI is InChI=1S/C27H26F2N4O3/c1-26(2)17-8-9-27(26,22-14-33(10-11-36-22)25(35)20-7-6-15(34)13-30-20)24-16(17)12-21(31-32-24)23-18(28)4-3-5-19(23)29/h3-5,7,12-13,17,22H,6,8-11,14H2,1-2H3/t17-,22-,27-/m0/s1. The van der Waals surface area contributed by atoms with Gasteiger partial charge in [0.25, 0.3) is 5.91 Å². The molecule has 7 nitrogen and oxygen atoms in total. The topological polar surface area (TPSA) is 84.8 Å². The van der Waals surface area contributed by atoms with Crippen LogP contribution in [0.3, 0.4) is 0 Å². The number of ether oxygens (including phenoxy) is 1. The van der Waals surface area contributed by atoms with E-state index in [4.69, 9.17) is 4.74 Å². The highest BCUT2D eigenvalue weighted by atomic mass is 19.1. The highest BCUT2D eigenvalue weighted by Crippen LogP contribution is 2.69. The van der Waals surface area contributed by atoms with Gasteiger partial charge in [0.05, 0.1) is 35.9 Å². The van der Waals surface area contributed by atoms with Crippen molar-refractivity contribution in [2.24, 2.45) is 10.4 Å². The molecular formula is C27H26F2N4O3. The highest BCUT2D eigenvalue weighted by Gasteiger charge is 2.67. The number of halogens is 2. The number of allylic oxidation sites excluding steroid dienone is 1. The fourth-order valence-electron chi connectivity index (χ4n) is 6.83. The molecule has 1 aromatic carbocycles. The van der Waals surface area contributed by atoms with Crippen molar-refractivity contribution in [1.29, 1.82) is 0 Å². The zero-order valence-electron chi connectivity index (χ0n) is 20.1. The second-order valence-corrected chi connectivity index (χ2v) is 10.5. The number of hydrogen-bond acceptors (Lipinski definition) is 6. The molecule has 2 aliphatic heterocycles. The van der Waals surface area contributed by atoms with Gasteiger partial charge in [0, 0.05) is 24.9 Å². The quantitative estimate of drug-likeness (QED) is 0.652. The van der Waals surface area contributed by atoms with Crippen LogP contribution in [0.4, 0.5) is 8.78 Å². The molecule has 3 heterocycles. The molecule has 0 spiro atoms. The number of amides is 1. The first kappa shape index (κ1) is 23.1. The lowest BCUT2D eigenvalue weighted by Crippen LogP contribution is -2.57. The number of aliphatic imine (C=N–C) groups is 1. The summed E-state index contributed by atoms with van der Waals surface area (Å²) >= 11 is 0. The van der Waals surface area contributed by atoms with Crippen molar-refractivity contribution >= 4 is 17.9 Å². The van der Waals surface area contributed by atoms with Crippen LogP contribution in [0.5, 0.6) is 0 Å². The number of Topliss-reactive ketones (excluding diaryl/α,β-unsaturated/α-hetero) is 1. The molecule has 186 valence electrons. The van der Waals surface area contributed by atoms with Gasteiger partial charge >= 0.3 is 0 Å². The highest BCUT2D eigenvalue weighted by molar-refractivity contribution is 6.29. The third-order valence-corrected chi connectivity index (χ3v) is 8.66. The molecule has 2 aromatic rings. The minimum absolute atomic E-state index is 0.125. The largest absolute Gasteiger partial charge is 0.374 e. The number of carbonyl (C=O) groups is 2. The predicted molar refractivity (Wildman–Crippen MR) is 127 cm³/mol. The molecule has 1 aromatic heterocycles. The Hall–Kier alpha value is -3.33. The Morgan fingerprint density at radius 2 is 1.97 bits per heavy atom. The molecule has 6 rings (SSSR count). The third-order valence-electron chi connectivity index (χ3n) is 8.66. The van der Waals surface area contributed by atoms with E-state index in [0.717, 1.165) is 24.1 Å². The molecule has 4 aliphatic rings. The van der Waals surface area contributed by atoms with Gasteiger partial charge in [-0.1, -0.05) is 19.9 Å². The molecule has 0 N–H and O–H groups in total. The van der Waals surface area contributed by atoms with Gasteiger partial charge in [-0.25, -0.2) is 13.8 Å². The van der Waals surface area contributed by atoms with Crippen LogP contribution in [0, 0.1) is 17.0 Å². The van der Waals surface area contributed by atoms with Crippen LogP contribution in [-0.4, -0.2) is 58.8 Å². The van der Waals surface area contributed by atoms with E-state index in [1.807, 2.05) is 0 Å². The molecule has 2 aliphatic carbocycles. The maximum Gasteiger partial charge on any atom is 0.272 e. The Kier molecular flexibility index (Phi) is 5.19. The molecule has 1 saturated carbocycles. The fourth-order valence-corrected chi connectivity index (χ4v) is 6.83. The monoisotopic (exact) mass is 492 g/mol. The lowest BCUT2D eigenvalue weighted by Gasteiger charge is -2.47. The van der Waals surface area contributed by atoms with Crippen molar-refractivity contribution in [3.63, 3.8) is 0 Å². The van der Waals surface area contributed by atoms with Crippen molar-refractivity contribution in [2.75, 3.05) is 19.7 Å². The van der Waals surface area contributed by atoms with E-state index < -0.39 is 17.0 Å². The van der Waals surface area contributed by atoms with Gasteiger partial charge < -0.3 is 9.64 Å². The zero-order chi connectivity index (χ0) is 25.2. The van der Waals surface area contributed by atoms with Crippen molar-refractivity contribution in [3.8, 4) is 11.3 Å². The van der Waals surface area contributed by atoms with E-state index in [2.05, 4.69) is 29.0 Å². The van der Waals surface area contributed by atoms with Crippen molar-refractivity contribution in [1.82, 2.24) is 15.1 Å². The molecule has 36 heavy (non-hydrogen) atoms. The normalized spacial score (nSPS) is 28.3. The summed E-state index contributed by atoms with van der Waals surface area (Å²) in [5.41, 5.74) is 1.27. The first-order chi connectivity index (χ1) is 17.2. The maximum absolute atomic E-state index is 14.5. The van der Waals surface area contributed by atoms with Gasteiger partial charge in [-0.05, 0) is 54.0 Å². The molecular weight excluding hydrogens is 466 g/mol. The Morgan fingerprint density at radius 1 is 1.19 bits per heavy atom. The lowest BCUT2D eigenvalue weighted by molar-refractivity contribution is -0.141. The van der Waals surface area contributed by atoms with E-state index in [1.165, 1.54) is 24.4 Å². The Morgan fingerprint density at radius 3 is 2.69 bits per heavy atom. The number of hydrogen-bond donors (Lipinski definition) is 0. The number of benzene rings is 1. The molecule has 2 bridgehead atoms. The number of carbonyl (C=O) groups excluding carboxylic acids is 2. The summed E-state index contributed by atoms with van der Waals surface area (Å²) in [7, 11) is 0. The van der Waals surface area contributed by atoms with Crippen molar-refractivity contribution in [3.05, 3.63) is 58.9 Å². The number of aromatic nitrogens is 2. The number of ketones is 1. The first-order valence-electron chi connectivity index (χ1n) is 12.2. The van der Waals surface area contributed by atoms with Gasteiger partial charge in [0.15, 0.2) is 5.78 Å². The van der Waals surface area contributed by atoms with Crippen LogP contribution in [0.1, 0.15) is 50.3 Å². The molecule has 0 unspecified atom stereocenters. The average Bonchev–Trinajstić information content (AvgIpc) is 3.25. The van der Waals surface area contributed by atoms with E-state index in [0.29, 0.717) is 19.7 Å². The fraction of sp³-hybridized carbons (Fsp3) is 0.444. The average molecular weight is 493 g/mol. The van der Waals surface area contributed by atoms with Gasteiger partial charge in [-0.3, -0.25) is 9.59 Å². The molecule has 1 amide bonds.